The molecular weight excluding hydrogens is 362 g/mol. The predicted octanol–water partition coefficient (Wildman–Crippen LogP) is 3.87. The smallest absolute Gasteiger partial charge is 0.317 e. The van der Waals surface area contributed by atoms with Gasteiger partial charge in [0.25, 0.3) is 0 Å². The summed E-state index contributed by atoms with van der Waals surface area (Å²) in [5, 5.41) is 3.20. The third kappa shape index (κ3) is 3.16. The molecule has 1 spiro atoms. The number of urea groups is 1. The minimum atomic E-state index is -0.104. The van der Waals surface area contributed by atoms with Gasteiger partial charge in [0.05, 0.1) is 11.7 Å². The fourth-order valence-corrected chi connectivity index (χ4v) is 5.06. The molecule has 1 atom stereocenters. The Balaban J connectivity index is 1.26. The van der Waals surface area contributed by atoms with Gasteiger partial charge >= 0.3 is 6.03 Å². The van der Waals surface area contributed by atoms with Gasteiger partial charge in [-0.1, -0.05) is 31.2 Å². The molecule has 1 saturated heterocycles. The fraction of sp³-hybridized carbons (Fsp3) is 0.435. The van der Waals surface area contributed by atoms with Crippen LogP contribution in [0.2, 0.25) is 0 Å². The zero-order chi connectivity index (χ0) is 19.8. The van der Waals surface area contributed by atoms with E-state index < -0.39 is 0 Å². The first-order valence-corrected chi connectivity index (χ1v) is 10.6. The maximum atomic E-state index is 13.0. The largest absolute Gasteiger partial charge is 0.330 e. The van der Waals surface area contributed by atoms with Gasteiger partial charge in [0.15, 0.2) is 0 Å². The molecule has 0 saturated carbocycles. The van der Waals surface area contributed by atoms with E-state index in [4.69, 9.17) is 0 Å². The zero-order valence-corrected chi connectivity index (χ0v) is 16.8. The first-order chi connectivity index (χ1) is 14.2. The molecule has 2 aliphatic rings. The minimum absolute atomic E-state index is 0.0167. The highest BCUT2D eigenvalue weighted by Crippen LogP contribution is 2.46. The Labute approximate surface area is 171 Å². The quantitative estimate of drug-likeness (QED) is 0.740. The number of carbonyl (C=O) groups is 1. The van der Waals surface area contributed by atoms with E-state index >= 15 is 0 Å². The van der Waals surface area contributed by atoms with E-state index in [1.165, 1.54) is 24.0 Å². The van der Waals surface area contributed by atoms with Crippen molar-refractivity contribution in [2.75, 3.05) is 13.1 Å². The summed E-state index contributed by atoms with van der Waals surface area (Å²) in [5.41, 5.74) is 4.14. The van der Waals surface area contributed by atoms with Crippen molar-refractivity contribution >= 4 is 11.8 Å². The normalized spacial score (nSPS) is 18.7. The van der Waals surface area contributed by atoms with Crippen LogP contribution in [0.15, 0.2) is 48.9 Å². The molecule has 3 aromatic rings. The van der Waals surface area contributed by atoms with Crippen molar-refractivity contribution in [2.24, 2.45) is 0 Å². The van der Waals surface area contributed by atoms with Crippen molar-refractivity contribution in [1.29, 1.82) is 0 Å². The van der Waals surface area contributed by atoms with Crippen molar-refractivity contribution in [3.63, 3.8) is 0 Å². The number of piperidine rings is 1. The van der Waals surface area contributed by atoms with Crippen LogP contribution in [0.4, 0.5) is 4.79 Å². The van der Waals surface area contributed by atoms with Crippen LogP contribution < -0.4 is 5.32 Å². The molecule has 2 aromatic heterocycles. The molecule has 29 heavy (non-hydrogen) atoms. The van der Waals surface area contributed by atoms with E-state index in [9.17, 15) is 4.79 Å². The minimum Gasteiger partial charge on any atom is -0.330 e. The van der Waals surface area contributed by atoms with Crippen LogP contribution in [-0.2, 0) is 11.8 Å². The molecule has 1 aromatic carbocycles. The van der Waals surface area contributed by atoms with Gasteiger partial charge in [0, 0.05) is 31.7 Å². The van der Waals surface area contributed by atoms with Gasteiger partial charge in [0.2, 0.25) is 5.78 Å². The van der Waals surface area contributed by atoms with E-state index in [1.54, 1.807) is 6.20 Å². The molecule has 1 unspecified atom stereocenters. The number of likely N-dealkylation sites (tertiary alicyclic amines) is 1. The fourth-order valence-electron chi connectivity index (χ4n) is 5.06. The van der Waals surface area contributed by atoms with Crippen LogP contribution in [0.25, 0.3) is 5.78 Å². The number of aryl methyl sites for hydroxylation is 1. The maximum absolute atomic E-state index is 13.0. The molecule has 6 nitrogen and oxygen atoms in total. The third-order valence-electron chi connectivity index (χ3n) is 6.79. The number of hydrogen-bond donors (Lipinski definition) is 1. The second-order valence-electron chi connectivity index (χ2n) is 8.33. The summed E-state index contributed by atoms with van der Waals surface area (Å²) in [7, 11) is 0. The molecule has 0 bridgehead atoms. The third-order valence-corrected chi connectivity index (χ3v) is 6.79. The van der Waals surface area contributed by atoms with Crippen LogP contribution in [0.1, 0.15) is 55.5 Å². The molecule has 6 heteroatoms. The Hall–Kier alpha value is -2.89. The number of hydrogen-bond acceptors (Lipinski definition) is 3. The van der Waals surface area contributed by atoms with E-state index in [1.807, 2.05) is 27.8 Å². The van der Waals surface area contributed by atoms with Crippen molar-refractivity contribution in [3.05, 3.63) is 65.7 Å². The predicted molar refractivity (Wildman–Crippen MR) is 112 cm³/mol. The summed E-state index contributed by atoms with van der Waals surface area (Å²) < 4.78 is 1.90. The lowest BCUT2D eigenvalue weighted by Gasteiger charge is -2.40. The average molecular weight is 390 g/mol. The van der Waals surface area contributed by atoms with Crippen LogP contribution in [0.5, 0.6) is 0 Å². The van der Waals surface area contributed by atoms with Gasteiger partial charge < -0.3 is 10.2 Å². The standard InChI is InChI=1S/C23H27N5O/c1-2-19(20-16-28-13-5-12-24-21(28)25-20)26-22(29)27-14-10-23(11-15-27)9-8-17-6-3-4-7-18(17)23/h3-7,12-13,16,19H,2,8-11,14-15H2,1H3,(H,26,29). The lowest BCUT2D eigenvalue weighted by atomic mass is 9.74. The van der Waals surface area contributed by atoms with Crippen LogP contribution in [-0.4, -0.2) is 38.4 Å². The van der Waals surface area contributed by atoms with Gasteiger partial charge in [-0.2, -0.15) is 0 Å². The Kier molecular flexibility index (Phi) is 4.49. The van der Waals surface area contributed by atoms with Crippen molar-refractivity contribution in [3.8, 4) is 0 Å². The lowest BCUT2D eigenvalue weighted by molar-refractivity contribution is 0.154. The second kappa shape index (κ2) is 7.17. The SMILES string of the molecule is CCC(NC(=O)N1CCC2(CCc3ccccc32)CC1)c1cn2cccnc2n1. The molecule has 3 heterocycles. The van der Waals surface area contributed by atoms with E-state index in [0.717, 1.165) is 38.0 Å². The number of benzene rings is 1. The van der Waals surface area contributed by atoms with Crippen molar-refractivity contribution in [2.45, 2.75) is 50.5 Å². The van der Waals surface area contributed by atoms with E-state index in [-0.39, 0.29) is 17.5 Å². The van der Waals surface area contributed by atoms with Gasteiger partial charge in [0.1, 0.15) is 0 Å². The van der Waals surface area contributed by atoms with E-state index in [2.05, 4.69) is 46.5 Å². The van der Waals surface area contributed by atoms with Crippen LogP contribution in [0, 0.1) is 0 Å². The number of nitrogens with one attached hydrogen (secondary N) is 1. The molecule has 1 aliphatic heterocycles. The molecule has 1 aliphatic carbocycles. The molecule has 1 fully saturated rings. The number of carbonyl (C=O) groups excluding carboxylic acids is 1. The molecule has 150 valence electrons. The molecule has 1 N–H and O–H groups in total. The highest BCUT2D eigenvalue weighted by Gasteiger charge is 2.41. The topological polar surface area (TPSA) is 62.5 Å². The molecule has 5 rings (SSSR count). The second-order valence-corrected chi connectivity index (χ2v) is 8.33. The summed E-state index contributed by atoms with van der Waals surface area (Å²) in [6.45, 7) is 3.69. The van der Waals surface area contributed by atoms with Crippen LogP contribution >= 0.6 is 0 Å². The Morgan fingerprint density at radius 1 is 1.21 bits per heavy atom. The highest BCUT2D eigenvalue weighted by atomic mass is 16.2. The molecule has 0 radical (unpaired) electrons. The summed E-state index contributed by atoms with van der Waals surface area (Å²) in [5.74, 6) is 0.662. The summed E-state index contributed by atoms with van der Waals surface area (Å²) in [6.07, 6.45) is 10.9. The first-order valence-electron chi connectivity index (χ1n) is 10.6. The number of fused-ring (bicyclic) bond motifs is 3. The van der Waals surface area contributed by atoms with Crippen LogP contribution in [0.3, 0.4) is 0 Å². The number of imidazole rings is 1. The molecule has 2 amide bonds. The zero-order valence-electron chi connectivity index (χ0n) is 16.8. The van der Waals surface area contributed by atoms with Gasteiger partial charge in [-0.3, -0.25) is 4.40 Å². The van der Waals surface area contributed by atoms with Crippen molar-refractivity contribution < 1.29 is 4.79 Å². The van der Waals surface area contributed by atoms with E-state index in [0.29, 0.717) is 5.78 Å². The highest BCUT2D eigenvalue weighted by molar-refractivity contribution is 5.75. The molecular formula is C23H27N5O. The summed E-state index contributed by atoms with van der Waals surface area (Å²) in [6, 6.07) is 10.6. The number of aromatic nitrogens is 3. The average Bonchev–Trinajstić information content (AvgIpc) is 3.35. The monoisotopic (exact) mass is 389 g/mol. The van der Waals surface area contributed by atoms with Gasteiger partial charge in [-0.05, 0) is 54.7 Å². The van der Waals surface area contributed by atoms with Gasteiger partial charge in [-0.25, -0.2) is 14.8 Å². The first kappa shape index (κ1) is 18.2. The number of rotatable bonds is 3. The summed E-state index contributed by atoms with van der Waals surface area (Å²) in [4.78, 5) is 23.8. The Morgan fingerprint density at radius 2 is 2.03 bits per heavy atom. The Bertz CT molecular complexity index is 1000. The summed E-state index contributed by atoms with van der Waals surface area (Å²) >= 11 is 0. The number of nitrogens with zero attached hydrogens (tertiary/aromatic N) is 4. The van der Waals surface area contributed by atoms with Gasteiger partial charge in [-0.15, -0.1) is 0 Å². The maximum Gasteiger partial charge on any atom is 0.317 e. The number of amides is 2. The Morgan fingerprint density at radius 3 is 2.83 bits per heavy atom. The lowest BCUT2D eigenvalue weighted by Crippen LogP contribution is -2.48. The van der Waals surface area contributed by atoms with Crippen molar-refractivity contribution in [1.82, 2.24) is 24.6 Å².